The first-order chi connectivity index (χ1) is 8.65. The van der Waals surface area contributed by atoms with E-state index in [-0.39, 0.29) is 0 Å². The fraction of sp³-hybridized carbons (Fsp3) is 0.286. The van der Waals surface area contributed by atoms with Gasteiger partial charge in [0.15, 0.2) is 0 Å². The van der Waals surface area contributed by atoms with E-state index in [0.29, 0.717) is 6.04 Å². The number of rotatable bonds is 2. The molecule has 0 aromatic carbocycles. The summed E-state index contributed by atoms with van der Waals surface area (Å²) < 4.78 is 1.99. The standard InChI is InChI=1S/C14H16N4/c1-9(2)18-8-12(10(3)17-18)13-7-11-5-4-6-15-14(11)16-13/h4-9H,1-3H3,(H,15,16). The quantitative estimate of drug-likeness (QED) is 0.747. The third-order valence-corrected chi connectivity index (χ3v) is 3.13. The second-order valence-corrected chi connectivity index (χ2v) is 4.83. The van der Waals surface area contributed by atoms with Crippen LogP contribution < -0.4 is 0 Å². The van der Waals surface area contributed by atoms with E-state index in [4.69, 9.17) is 0 Å². The van der Waals surface area contributed by atoms with Gasteiger partial charge in [-0.25, -0.2) is 4.98 Å². The van der Waals surface area contributed by atoms with Crippen molar-refractivity contribution in [1.29, 1.82) is 0 Å². The van der Waals surface area contributed by atoms with Gasteiger partial charge in [-0.15, -0.1) is 0 Å². The lowest BCUT2D eigenvalue weighted by Gasteiger charge is -2.02. The van der Waals surface area contributed by atoms with Gasteiger partial charge in [-0.05, 0) is 39.0 Å². The Morgan fingerprint density at radius 2 is 2.17 bits per heavy atom. The summed E-state index contributed by atoms with van der Waals surface area (Å²) in [7, 11) is 0. The molecular formula is C14H16N4. The number of fused-ring (bicyclic) bond motifs is 1. The molecule has 0 unspecified atom stereocenters. The first kappa shape index (κ1) is 11.0. The monoisotopic (exact) mass is 240 g/mol. The predicted octanol–water partition coefficient (Wildman–Crippen LogP) is 3.32. The van der Waals surface area contributed by atoms with Crippen molar-refractivity contribution >= 4 is 11.0 Å². The molecule has 3 heterocycles. The largest absolute Gasteiger partial charge is 0.339 e. The number of hydrogen-bond donors (Lipinski definition) is 1. The minimum atomic E-state index is 0.375. The number of aromatic nitrogens is 4. The molecule has 0 radical (unpaired) electrons. The van der Waals surface area contributed by atoms with Crippen molar-refractivity contribution in [2.75, 3.05) is 0 Å². The van der Waals surface area contributed by atoms with Gasteiger partial charge in [-0.1, -0.05) is 0 Å². The molecule has 3 aromatic heterocycles. The van der Waals surface area contributed by atoms with E-state index in [1.165, 1.54) is 0 Å². The average Bonchev–Trinajstić information content (AvgIpc) is 2.91. The van der Waals surface area contributed by atoms with Gasteiger partial charge in [-0.2, -0.15) is 5.10 Å². The van der Waals surface area contributed by atoms with Crippen molar-refractivity contribution in [2.24, 2.45) is 0 Å². The van der Waals surface area contributed by atoms with E-state index in [0.717, 1.165) is 28.0 Å². The molecular weight excluding hydrogens is 224 g/mol. The Hall–Kier alpha value is -2.10. The molecule has 0 bridgehead atoms. The normalized spacial score (nSPS) is 11.6. The zero-order valence-electron chi connectivity index (χ0n) is 10.8. The summed E-state index contributed by atoms with van der Waals surface area (Å²) in [6, 6.07) is 6.51. The first-order valence-corrected chi connectivity index (χ1v) is 6.15. The van der Waals surface area contributed by atoms with Gasteiger partial charge < -0.3 is 4.98 Å². The summed E-state index contributed by atoms with van der Waals surface area (Å²) in [5.41, 5.74) is 4.18. The maximum atomic E-state index is 4.53. The Balaban J connectivity index is 2.13. The topological polar surface area (TPSA) is 46.5 Å². The molecule has 0 aliphatic rings. The molecule has 4 heteroatoms. The molecule has 0 fully saturated rings. The zero-order chi connectivity index (χ0) is 12.7. The molecule has 4 nitrogen and oxygen atoms in total. The van der Waals surface area contributed by atoms with Crippen molar-refractivity contribution in [3.63, 3.8) is 0 Å². The minimum Gasteiger partial charge on any atom is -0.339 e. The lowest BCUT2D eigenvalue weighted by Crippen LogP contribution is -2.00. The van der Waals surface area contributed by atoms with Gasteiger partial charge in [0.2, 0.25) is 0 Å². The van der Waals surface area contributed by atoms with E-state index >= 15 is 0 Å². The van der Waals surface area contributed by atoms with Crippen LogP contribution in [0.1, 0.15) is 25.6 Å². The smallest absolute Gasteiger partial charge is 0.137 e. The first-order valence-electron chi connectivity index (χ1n) is 6.15. The molecule has 3 rings (SSSR count). The summed E-state index contributed by atoms with van der Waals surface area (Å²) in [4.78, 5) is 7.66. The summed E-state index contributed by atoms with van der Waals surface area (Å²) in [6.07, 6.45) is 3.89. The van der Waals surface area contributed by atoms with Crippen molar-refractivity contribution in [2.45, 2.75) is 26.8 Å². The van der Waals surface area contributed by atoms with Gasteiger partial charge in [0.1, 0.15) is 5.65 Å². The summed E-state index contributed by atoms with van der Waals surface area (Å²) in [6.45, 7) is 6.29. The highest BCUT2D eigenvalue weighted by Crippen LogP contribution is 2.26. The van der Waals surface area contributed by atoms with Crippen molar-refractivity contribution in [3.05, 3.63) is 36.3 Å². The van der Waals surface area contributed by atoms with E-state index < -0.39 is 0 Å². The average molecular weight is 240 g/mol. The van der Waals surface area contributed by atoms with Crippen LogP contribution in [0.5, 0.6) is 0 Å². The number of nitrogens with one attached hydrogen (secondary N) is 1. The van der Waals surface area contributed by atoms with E-state index in [9.17, 15) is 0 Å². The molecule has 0 aliphatic heterocycles. The Labute approximate surface area is 106 Å². The van der Waals surface area contributed by atoms with Crippen LogP contribution in [0.4, 0.5) is 0 Å². The zero-order valence-corrected chi connectivity index (χ0v) is 10.8. The Bertz CT molecular complexity index is 658. The Morgan fingerprint density at radius 3 is 2.83 bits per heavy atom. The molecule has 0 saturated heterocycles. The van der Waals surface area contributed by atoms with Crippen LogP contribution in [-0.4, -0.2) is 19.7 Å². The number of aryl methyl sites for hydroxylation is 1. The van der Waals surface area contributed by atoms with E-state index in [2.05, 4.69) is 47.2 Å². The lowest BCUT2D eigenvalue weighted by molar-refractivity contribution is 0.529. The molecule has 0 amide bonds. The number of hydrogen-bond acceptors (Lipinski definition) is 2. The summed E-state index contributed by atoms with van der Waals surface area (Å²) in [5, 5.41) is 5.66. The number of nitrogens with zero attached hydrogens (tertiary/aromatic N) is 3. The van der Waals surface area contributed by atoms with Crippen LogP contribution in [0.15, 0.2) is 30.6 Å². The maximum absolute atomic E-state index is 4.53. The molecule has 3 aromatic rings. The molecule has 0 aliphatic carbocycles. The van der Waals surface area contributed by atoms with Gasteiger partial charge in [0.05, 0.1) is 11.4 Å². The molecule has 1 N–H and O–H groups in total. The molecule has 92 valence electrons. The fourth-order valence-corrected chi connectivity index (χ4v) is 2.11. The van der Waals surface area contributed by atoms with Gasteiger partial charge in [0.25, 0.3) is 0 Å². The lowest BCUT2D eigenvalue weighted by atomic mass is 10.2. The van der Waals surface area contributed by atoms with E-state index in [1.807, 2.05) is 17.7 Å². The number of H-pyrrole nitrogens is 1. The van der Waals surface area contributed by atoms with E-state index in [1.54, 1.807) is 6.20 Å². The third kappa shape index (κ3) is 1.70. The van der Waals surface area contributed by atoms with Gasteiger partial charge in [0, 0.05) is 29.4 Å². The maximum Gasteiger partial charge on any atom is 0.137 e. The molecule has 0 saturated carbocycles. The highest BCUT2D eigenvalue weighted by molar-refractivity contribution is 5.83. The Morgan fingerprint density at radius 1 is 1.33 bits per heavy atom. The van der Waals surface area contributed by atoms with Crippen LogP contribution >= 0.6 is 0 Å². The van der Waals surface area contributed by atoms with Crippen LogP contribution in [0, 0.1) is 6.92 Å². The SMILES string of the molecule is Cc1nn(C(C)C)cc1-c1cc2cccnc2[nH]1. The van der Waals surface area contributed by atoms with Crippen LogP contribution in [0.2, 0.25) is 0 Å². The summed E-state index contributed by atoms with van der Waals surface area (Å²) in [5.74, 6) is 0. The van der Waals surface area contributed by atoms with Gasteiger partial charge in [-0.3, -0.25) is 4.68 Å². The minimum absolute atomic E-state index is 0.375. The predicted molar refractivity (Wildman–Crippen MR) is 72.4 cm³/mol. The fourth-order valence-electron chi connectivity index (χ4n) is 2.11. The molecule has 0 spiro atoms. The molecule has 18 heavy (non-hydrogen) atoms. The third-order valence-electron chi connectivity index (χ3n) is 3.13. The van der Waals surface area contributed by atoms with Crippen LogP contribution in [0.3, 0.4) is 0 Å². The highest BCUT2D eigenvalue weighted by Gasteiger charge is 2.11. The summed E-state index contributed by atoms with van der Waals surface area (Å²) >= 11 is 0. The van der Waals surface area contributed by atoms with Crippen molar-refractivity contribution in [3.8, 4) is 11.3 Å². The van der Waals surface area contributed by atoms with Crippen LogP contribution in [-0.2, 0) is 0 Å². The Kier molecular flexibility index (Phi) is 2.44. The second-order valence-electron chi connectivity index (χ2n) is 4.83. The second kappa shape index (κ2) is 3.98. The van der Waals surface area contributed by atoms with Gasteiger partial charge >= 0.3 is 0 Å². The van der Waals surface area contributed by atoms with Crippen LogP contribution in [0.25, 0.3) is 22.3 Å². The highest BCUT2D eigenvalue weighted by atomic mass is 15.3. The molecule has 0 atom stereocenters. The van der Waals surface area contributed by atoms with Crippen molar-refractivity contribution < 1.29 is 0 Å². The number of aromatic amines is 1. The number of pyridine rings is 1. The van der Waals surface area contributed by atoms with Crippen molar-refractivity contribution in [1.82, 2.24) is 19.7 Å².